The number of thioether (sulfide) groups is 1. The van der Waals surface area contributed by atoms with Crippen molar-refractivity contribution in [3.63, 3.8) is 0 Å². The van der Waals surface area contributed by atoms with Crippen molar-refractivity contribution in [1.29, 1.82) is 0 Å². The molecule has 1 atom stereocenters. The molecule has 0 saturated carbocycles. The van der Waals surface area contributed by atoms with Crippen molar-refractivity contribution < 1.29 is 5.21 Å². The second-order valence-electron chi connectivity index (χ2n) is 5.04. The topological polar surface area (TPSA) is 61.9 Å². The molecule has 5 heteroatoms. The molecule has 1 aliphatic heterocycles. The highest BCUT2D eigenvalue weighted by Crippen LogP contribution is 2.31. The Morgan fingerprint density at radius 2 is 2.25 bits per heavy atom. The highest BCUT2D eigenvalue weighted by atomic mass is 32.2. The van der Waals surface area contributed by atoms with E-state index >= 15 is 0 Å². The molecule has 1 aliphatic rings. The van der Waals surface area contributed by atoms with Gasteiger partial charge in [0, 0.05) is 29.5 Å². The first-order valence-electron chi connectivity index (χ1n) is 5.79. The molecule has 16 heavy (non-hydrogen) atoms. The van der Waals surface area contributed by atoms with Gasteiger partial charge in [-0.05, 0) is 19.9 Å². The highest BCUT2D eigenvalue weighted by Gasteiger charge is 2.25. The number of oxime groups is 1. The van der Waals surface area contributed by atoms with Gasteiger partial charge in [-0.1, -0.05) is 19.0 Å². The molecule has 1 rings (SSSR count). The Hall–Kier alpha value is -0.420. The van der Waals surface area contributed by atoms with E-state index in [1.54, 1.807) is 0 Å². The lowest BCUT2D eigenvalue weighted by Gasteiger charge is -2.27. The second-order valence-corrected chi connectivity index (χ2v) is 6.84. The van der Waals surface area contributed by atoms with Crippen molar-refractivity contribution in [2.75, 3.05) is 18.8 Å². The molecule has 0 spiro atoms. The van der Waals surface area contributed by atoms with Crippen molar-refractivity contribution in [3.05, 3.63) is 0 Å². The normalized spacial score (nSPS) is 25.1. The molecule has 1 heterocycles. The van der Waals surface area contributed by atoms with Gasteiger partial charge in [0.15, 0.2) is 0 Å². The summed E-state index contributed by atoms with van der Waals surface area (Å²) in [6.45, 7) is 8.93. The smallest absolute Gasteiger partial charge is 0.140 e. The van der Waals surface area contributed by atoms with E-state index in [1.807, 2.05) is 11.8 Å². The molecule has 0 radical (unpaired) electrons. The lowest BCUT2D eigenvalue weighted by Crippen LogP contribution is -2.38. The van der Waals surface area contributed by atoms with Crippen molar-refractivity contribution in [3.8, 4) is 0 Å². The van der Waals surface area contributed by atoms with E-state index < -0.39 is 0 Å². The summed E-state index contributed by atoms with van der Waals surface area (Å²) >= 11 is 2.03. The second kappa shape index (κ2) is 5.77. The number of nitrogens with zero attached hydrogens (tertiary/aromatic N) is 2. The number of nitrogens with two attached hydrogens (primary N) is 1. The minimum absolute atomic E-state index is 0.323. The molecule has 1 saturated heterocycles. The van der Waals surface area contributed by atoms with Crippen LogP contribution in [0, 0.1) is 0 Å². The van der Waals surface area contributed by atoms with Gasteiger partial charge >= 0.3 is 0 Å². The third kappa shape index (κ3) is 4.22. The number of hydrogen-bond donors (Lipinski definition) is 2. The predicted octanol–water partition coefficient (Wildman–Crippen LogP) is 1.73. The van der Waals surface area contributed by atoms with Crippen LogP contribution in [0.5, 0.6) is 0 Å². The van der Waals surface area contributed by atoms with E-state index in [0.29, 0.717) is 23.0 Å². The van der Waals surface area contributed by atoms with Crippen molar-refractivity contribution in [1.82, 2.24) is 4.90 Å². The first kappa shape index (κ1) is 13.6. The predicted molar refractivity (Wildman–Crippen MR) is 70.2 cm³/mol. The molecule has 0 aliphatic carbocycles. The van der Waals surface area contributed by atoms with E-state index in [4.69, 9.17) is 10.9 Å². The first-order valence-corrected chi connectivity index (χ1v) is 6.77. The standard InChI is InChI=1S/C11H23N3OS/c1-9(8-10(12)13-15)14-5-4-11(2,3)16-7-6-14/h9,15H,4-8H2,1-3H3,(H2,12,13). The van der Waals surface area contributed by atoms with Crippen molar-refractivity contribution in [2.45, 2.75) is 44.4 Å². The average molecular weight is 245 g/mol. The number of rotatable bonds is 3. The molecule has 1 fully saturated rings. The zero-order valence-corrected chi connectivity index (χ0v) is 11.3. The molecular formula is C11H23N3OS. The van der Waals surface area contributed by atoms with E-state index in [-0.39, 0.29) is 0 Å². The van der Waals surface area contributed by atoms with Gasteiger partial charge < -0.3 is 10.9 Å². The van der Waals surface area contributed by atoms with Gasteiger partial charge in [0.1, 0.15) is 5.84 Å². The van der Waals surface area contributed by atoms with Crippen LogP contribution in [0.3, 0.4) is 0 Å². The molecular weight excluding hydrogens is 222 g/mol. The third-order valence-electron chi connectivity index (χ3n) is 3.13. The van der Waals surface area contributed by atoms with Crippen molar-refractivity contribution >= 4 is 17.6 Å². The zero-order chi connectivity index (χ0) is 12.2. The Balaban J connectivity index is 2.48. The SMILES string of the molecule is CC(CC(N)=NO)N1CCSC(C)(C)CC1. The van der Waals surface area contributed by atoms with E-state index in [0.717, 1.165) is 18.8 Å². The maximum Gasteiger partial charge on any atom is 0.140 e. The Morgan fingerprint density at radius 1 is 1.56 bits per heavy atom. The lowest BCUT2D eigenvalue weighted by molar-refractivity contribution is 0.220. The molecule has 0 amide bonds. The molecule has 0 aromatic rings. The van der Waals surface area contributed by atoms with Crippen LogP contribution in [0.25, 0.3) is 0 Å². The summed E-state index contributed by atoms with van der Waals surface area (Å²) in [6, 6.07) is 0.352. The largest absolute Gasteiger partial charge is 0.409 e. The fourth-order valence-corrected chi connectivity index (χ4v) is 3.06. The summed E-state index contributed by atoms with van der Waals surface area (Å²) < 4.78 is 0.380. The summed E-state index contributed by atoms with van der Waals surface area (Å²) in [4.78, 5) is 2.43. The van der Waals surface area contributed by atoms with Gasteiger partial charge in [0.25, 0.3) is 0 Å². The van der Waals surface area contributed by atoms with Gasteiger partial charge in [0.05, 0.1) is 0 Å². The summed E-state index contributed by atoms with van der Waals surface area (Å²) in [7, 11) is 0. The van der Waals surface area contributed by atoms with Crippen LogP contribution in [0.15, 0.2) is 5.16 Å². The van der Waals surface area contributed by atoms with Crippen LogP contribution in [0.1, 0.15) is 33.6 Å². The first-order chi connectivity index (χ1) is 7.44. The van der Waals surface area contributed by atoms with Crippen LogP contribution >= 0.6 is 11.8 Å². The summed E-state index contributed by atoms with van der Waals surface area (Å²) in [5, 5.41) is 11.6. The van der Waals surface area contributed by atoms with E-state index in [1.165, 1.54) is 6.42 Å². The van der Waals surface area contributed by atoms with Gasteiger partial charge in [-0.3, -0.25) is 4.90 Å². The highest BCUT2D eigenvalue weighted by molar-refractivity contribution is 8.00. The number of amidine groups is 1. The molecule has 0 bridgehead atoms. The van der Waals surface area contributed by atoms with Crippen LogP contribution < -0.4 is 5.73 Å². The lowest BCUT2D eigenvalue weighted by atomic mass is 10.1. The quantitative estimate of drug-likeness (QED) is 0.344. The monoisotopic (exact) mass is 245 g/mol. The minimum Gasteiger partial charge on any atom is -0.409 e. The summed E-state index contributed by atoms with van der Waals surface area (Å²) in [6.07, 6.45) is 1.83. The van der Waals surface area contributed by atoms with Crippen LogP contribution in [0.2, 0.25) is 0 Å². The van der Waals surface area contributed by atoms with Crippen LogP contribution in [-0.4, -0.2) is 45.6 Å². The molecule has 3 N–H and O–H groups in total. The fraction of sp³-hybridized carbons (Fsp3) is 0.909. The molecule has 1 unspecified atom stereocenters. The zero-order valence-electron chi connectivity index (χ0n) is 10.4. The van der Waals surface area contributed by atoms with Crippen LogP contribution in [-0.2, 0) is 0 Å². The molecule has 0 aromatic carbocycles. The van der Waals surface area contributed by atoms with E-state index in [2.05, 4.69) is 30.8 Å². The average Bonchev–Trinajstić information content (AvgIpc) is 2.39. The minimum atomic E-state index is 0.323. The van der Waals surface area contributed by atoms with Crippen LogP contribution in [0.4, 0.5) is 0 Å². The number of hydrogen-bond acceptors (Lipinski definition) is 4. The Morgan fingerprint density at radius 3 is 2.88 bits per heavy atom. The molecule has 0 aromatic heterocycles. The fourth-order valence-electron chi connectivity index (χ4n) is 1.95. The Bertz CT molecular complexity index is 256. The van der Waals surface area contributed by atoms with Crippen molar-refractivity contribution in [2.24, 2.45) is 10.9 Å². The summed E-state index contributed by atoms with van der Waals surface area (Å²) in [5.74, 6) is 1.48. The maximum absolute atomic E-state index is 8.56. The Kier molecular flexibility index (Phi) is 4.92. The molecule has 4 nitrogen and oxygen atoms in total. The van der Waals surface area contributed by atoms with Gasteiger partial charge in [-0.15, -0.1) is 0 Å². The third-order valence-corrected chi connectivity index (χ3v) is 4.50. The molecule has 94 valence electrons. The van der Waals surface area contributed by atoms with Gasteiger partial charge in [-0.2, -0.15) is 11.8 Å². The Labute approximate surface area is 102 Å². The van der Waals surface area contributed by atoms with E-state index in [9.17, 15) is 0 Å². The summed E-state index contributed by atoms with van der Waals surface area (Å²) in [5.41, 5.74) is 5.54. The van der Waals surface area contributed by atoms with Gasteiger partial charge in [-0.25, -0.2) is 0 Å². The van der Waals surface area contributed by atoms with Gasteiger partial charge in [0.2, 0.25) is 0 Å². The maximum atomic E-state index is 8.56.